The van der Waals surface area contributed by atoms with E-state index in [-0.39, 0.29) is 18.3 Å². The first-order valence-electron chi connectivity index (χ1n) is 9.69. The molecule has 0 bridgehead atoms. The molecule has 3 aromatic carbocycles. The first-order chi connectivity index (χ1) is 14.5. The third kappa shape index (κ3) is 4.86. The summed E-state index contributed by atoms with van der Waals surface area (Å²) in [6.45, 7) is -0.164. The van der Waals surface area contributed by atoms with Crippen molar-refractivity contribution < 1.29 is 25.0 Å². The maximum Gasteiger partial charge on any atom is 0.358 e. The van der Waals surface area contributed by atoms with Gasteiger partial charge in [0.25, 0.3) is 0 Å². The van der Waals surface area contributed by atoms with Gasteiger partial charge >= 0.3 is 5.97 Å². The molecule has 3 rings (SSSR count). The van der Waals surface area contributed by atoms with Gasteiger partial charge in [-0.2, -0.15) is 5.90 Å². The van der Waals surface area contributed by atoms with Crippen LogP contribution in [0.3, 0.4) is 0 Å². The molecule has 0 spiro atoms. The normalized spacial score (nSPS) is 12.9. The Morgan fingerprint density at radius 2 is 1.57 bits per heavy atom. The Kier molecular flexibility index (Phi) is 7.19. The molecule has 0 heterocycles. The Hall–Kier alpha value is -3.19. The van der Waals surface area contributed by atoms with E-state index in [1.54, 1.807) is 30.3 Å². The minimum atomic E-state index is -1.55. The molecular formula is C24H25NO5. The molecule has 0 aromatic heterocycles. The van der Waals surface area contributed by atoms with E-state index in [4.69, 9.17) is 5.90 Å². The zero-order valence-electron chi connectivity index (χ0n) is 16.4. The van der Waals surface area contributed by atoms with E-state index in [0.717, 1.165) is 5.56 Å². The van der Waals surface area contributed by atoms with E-state index in [1.165, 1.54) is 0 Å². The Morgan fingerprint density at radius 3 is 2.23 bits per heavy atom. The lowest BCUT2D eigenvalue weighted by Gasteiger charge is -2.24. The van der Waals surface area contributed by atoms with E-state index in [2.05, 4.69) is 4.84 Å². The highest BCUT2D eigenvalue weighted by molar-refractivity contribution is 5.76. The summed E-state index contributed by atoms with van der Waals surface area (Å²) in [6.07, 6.45) is -0.234. The van der Waals surface area contributed by atoms with Gasteiger partial charge in [-0.25, -0.2) is 4.79 Å². The quantitative estimate of drug-likeness (QED) is 0.427. The number of hydrogen-bond donors (Lipinski definition) is 4. The first kappa shape index (κ1) is 21.5. The number of hydrogen-bond acceptors (Lipinski definition) is 6. The zero-order valence-corrected chi connectivity index (χ0v) is 16.4. The van der Waals surface area contributed by atoms with Gasteiger partial charge in [0.15, 0.2) is 6.10 Å². The Morgan fingerprint density at radius 1 is 0.900 bits per heavy atom. The summed E-state index contributed by atoms with van der Waals surface area (Å²) in [4.78, 5) is 16.1. The molecule has 2 atom stereocenters. The van der Waals surface area contributed by atoms with Crippen molar-refractivity contribution in [1.29, 1.82) is 0 Å². The smallest absolute Gasteiger partial charge is 0.358 e. The highest BCUT2D eigenvalue weighted by Gasteiger charge is 2.27. The summed E-state index contributed by atoms with van der Waals surface area (Å²) in [6, 6.07) is 21.8. The molecule has 3 aromatic rings. The van der Waals surface area contributed by atoms with Crippen molar-refractivity contribution in [2.24, 2.45) is 5.90 Å². The van der Waals surface area contributed by atoms with E-state index in [9.17, 15) is 20.1 Å². The lowest BCUT2D eigenvalue weighted by atomic mass is 9.82. The molecule has 30 heavy (non-hydrogen) atoms. The van der Waals surface area contributed by atoms with Crippen LogP contribution in [0, 0.1) is 0 Å². The third-order valence-corrected chi connectivity index (χ3v) is 5.22. The van der Waals surface area contributed by atoms with Gasteiger partial charge in [0.05, 0.1) is 6.61 Å². The average Bonchev–Trinajstić information content (AvgIpc) is 2.80. The van der Waals surface area contributed by atoms with E-state index in [1.807, 2.05) is 42.5 Å². The minimum absolute atomic E-state index is 0.0796. The second-order valence-corrected chi connectivity index (χ2v) is 7.10. The van der Waals surface area contributed by atoms with Crippen LogP contribution in [0.2, 0.25) is 0 Å². The number of aromatic hydroxyl groups is 1. The topological polar surface area (TPSA) is 113 Å². The number of nitrogens with two attached hydrogens (primary N) is 1. The zero-order chi connectivity index (χ0) is 21.5. The van der Waals surface area contributed by atoms with Gasteiger partial charge in [0, 0.05) is 11.5 Å². The number of aliphatic hydroxyl groups excluding tert-OH is 2. The van der Waals surface area contributed by atoms with Crippen LogP contribution in [0.4, 0.5) is 0 Å². The van der Waals surface area contributed by atoms with Crippen LogP contribution in [0.15, 0.2) is 72.8 Å². The number of carbonyl (C=O) groups is 1. The molecule has 0 aliphatic rings. The highest BCUT2D eigenvalue weighted by atomic mass is 16.7. The van der Waals surface area contributed by atoms with E-state index >= 15 is 0 Å². The largest absolute Gasteiger partial charge is 0.508 e. The SMILES string of the molecule is NOC(=O)C(O)c1ccccc1C(CCc1ccccc1)c1cc(CO)ccc1O. The van der Waals surface area contributed by atoms with Crippen LogP contribution >= 0.6 is 0 Å². The van der Waals surface area contributed by atoms with Crippen molar-refractivity contribution in [3.8, 4) is 5.75 Å². The maximum atomic E-state index is 11.9. The number of phenolic OH excluding ortho intramolecular Hbond substituents is 1. The van der Waals surface area contributed by atoms with Crippen LogP contribution in [0.25, 0.3) is 0 Å². The van der Waals surface area contributed by atoms with Gasteiger partial charge in [-0.3, -0.25) is 0 Å². The number of aliphatic hydroxyl groups is 2. The lowest BCUT2D eigenvalue weighted by Crippen LogP contribution is -2.21. The number of phenols is 1. The van der Waals surface area contributed by atoms with Gasteiger partial charge in [-0.05, 0) is 47.2 Å². The molecule has 6 heteroatoms. The minimum Gasteiger partial charge on any atom is -0.508 e. The summed E-state index contributed by atoms with van der Waals surface area (Å²) >= 11 is 0. The Labute approximate surface area is 175 Å². The van der Waals surface area contributed by atoms with E-state index in [0.29, 0.717) is 35.1 Å². The second kappa shape index (κ2) is 10.0. The number of aryl methyl sites for hydroxylation is 1. The lowest BCUT2D eigenvalue weighted by molar-refractivity contribution is -0.154. The molecule has 0 aliphatic carbocycles. The first-order valence-corrected chi connectivity index (χ1v) is 9.69. The van der Waals surface area contributed by atoms with Crippen LogP contribution in [-0.2, 0) is 22.7 Å². The second-order valence-electron chi connectivity index (χ2n) is 7.10. The summed E-state index contributed by atoms with van der Waals surface area (Å²) < 4.78 is 0. The van der Waals surface area contributed by atoms with Crippen LogP contribution < -0.4 is 5.90 Å². The molecule has 0 saturated heterocycles. The summed E-state index contributed by atoms with van der Waals surface area (Å²) in [5.74, 6) is 3.75. The molecule has 0 amide bonds. The Balaban J connectivity index is 2.07. The maximum absolute atomic E-state index is 11.9. The number of rotatable bonds is 8. The summed E-state index contributed by atoms with van der Waals surface area (Å²) in [5.41, 5.74) is 3.43. The van der Waals surface area contributed by atoms with Crippen molar-refractivity contribution in [3.05, 3.63) is 101 Å². The van der Waals surface area contributed by atoms with E-state index < -0.39 is 12.1 Å². The fraction of sp³-hybridized carbons (Fsp3) is 0.208. The van der Waals surface area contributed by atoms with Crippen molar-refractivity contribution in [1.82, 2.24) is 0 Å². The van der Waals surface area contributed by atoms with Crippen LogP contribution in [0.5, 0.6) is 5.75 Å². The van der Waals surface area contributed by atoms with Gasteiger partial charge in [0.1, 0.15) is 5.75 Å². The Bertz CT molecular complexity index is 990. The summed E-state index contributed by atoms with van der Waals surface area (Å²) in [5, 5.41) is 30.6. The fourth-order valence-electron chi connectivity index (χ4n) is 3.68. The van der Waals surface area contributed by atoms with Gasteiger partial charge < -0.3 is 20.2 Å². The molecule has 2 unspecified atom stereocenters. The average molecular weight is 407 g/mol. The molecule has 0 saturated carbocycles. The molecular weight excluding hydrogens is 382 g/mol. The van der Waals surface area contributed by atoms with Crippen molar-refractivity contribution in [2.75, 3.05) is 0 Å². The van der Waals surface area contributed by atoms with Crippen LogP contribution in [0.1, 0.15) is 46.3 Å². The highest BCUT2D eigenvalue weighted by Crippen LogP contribution is 2.38. The third-order valence-electron chi connectivity index (χ3n) is 5.22. The monoisotopic (exact) mass is 407 g/mol. The molecule has 5 N–H and O–H groups in total. The number of carbonyl (C=O) groups excluding carboxylic acids is 1. The molecule has 0 radical (unpaired) electrons. The predicted molar refractivity (Wildman–Crippen MR) is 112 cm³/mol. The molecule has 6 nitrogen and oxygen atoms in total. The van der Waals surface area contributed by atoms with Crippen molar-refractivity contribution in [3.63, 3.8) is 0 Å². The summed E-state index contributed by atoms with van der Waals surface area (Å²) in [7, 11) is 0. The number of benzene rings is 3. The fourth-order valence-corrected chi connectivity index (χ4v) is 3.68. The van der Waals surface area contributed by atoms with Gasteiger partial charge in [-0.1, -0.05) is 60.7 Å². The predicted octanol–water partition coefficient (Wildman–Crippen LogP) is 3.10. The molecule has 156 valence electrons. The molecule has 0 fully saturated rings. The van der Waals surface area contributed by atoms with Gasteiger partial charge in [-0.15, -0.1) is 0 Å². The standard InChI is InChI=1S/C24H25NO5/c25-30-24(29)23(28)20-9-5-4-8-18(20)19(12-10-16-6-2-1-3-7-16)21-14-17(15-26)11-13-22(21)27/h1-9,11,13-14,19,23,26-28H,10,12,15,25H2. The van der Waals surface area contributed by atoms with Crippen molar-refractivity contribution >= 4 is 5.97 Å². The van der Waals surface area contributed by atoms with Gasteiger partial charge in [0.2, 0.25) is 0 Å². The van der Waals surface area contributed by atoms with Crippen molar-refractivity contribution in [2.45, 2.75) is 31.5 Å². The molecule has 0 aliphatic heterocycles. The van der Waals surface area contributed by atoms with Crippen LogP contribution in [-0.4, -0.2) is 21.3 Å².